The third-order valence-electron chi connectivity index (χ3n) is 6.02. The van der Waals surface area contributed by atoms with Gasteiger partial charge >= 0.3 is 11.9 Å². The number of rotatable bonds is 16. The van der Waals surface area contributed by atoms with Crippen molar-refractivity contribution in [1.82, 2.24) is 10.6 Å². The maximum atomic E-state index is 12.9. The molecular weight excluding hydrogens is 468 g/mol. The number of hydrogen-bond acceptors (Lipinski definition) is 8. The van der Waals surface area contributed by atoms with E-state index in [0.29, 0.717) is 25.4 Å². The van der Waals surface area contributed by atoms with Crippen molar-refractivity contribution < 1.29 is 38.2 Å². The van der Waals surface area contributed by atoms with E-state index in [-0.39, 0.29) is 73.9 Å². The third-order valence-corrected chi connectivity index (χ3v) is 6.02. The van der Waals surface area contributed by atoms with Gasteiger partial charge < -0.3 is 29.7 Å². The zero-order valence-corrected chi connectivity index (χ0v) is 21.2. The standard InChI is InChI=1S/C26H38N2O8/c1-17(2)25(33)35-15-11-19(9-13-29)23(31)27-21-7-5-6-8-22(21)28-24(32)20(10-14-30)12-16-36-26(34)18(3)4/h13-14,19-22H,1,3,5-12,15-16H2,2,4H3,(H,27,31)(H,28,32)/t19?,20?,21-,22-/m1/s1. The monoisotopic (exact) mass is 506 g/mol. The SMILES string of the molecule is C=C(C)C(=O)OCCC(CC=O)C(=O)N[C@@H]1CCCC[C@H]1NC(=O)C(CC=O)CCOC(=O)C(=C)C. The van der Waals surface area contributed by atoms with Crippen molar-refractivity contribution in [1.29, 1.82) is 0 Å². The Morgan fingerprint density at radius 2 is 1.14 bits per heavy atom. The molecular formula is C26H38N2O8. The predicted octanol–water partition coefficient (Wildman–Crippen LogP) is 1.96. The molecule has 0 bridgehead atoms. The molecule has 1 aliphatic carbocycles. The van der Waals surface area contributed by atoms with Gasteiger partial charge in [-0.2, -0.15) is 0 Å². The first-order chi connectivity index (χ1) is 17.1. The van der Waals surface area contributed by atoms with Crippen molar-refractivity contribution in [3.8, 4) is 0 Å². The summed E-state index contributed by atoms with van der Waals surface area (Å²) in [5.41, 5.74) is 0.489. The fraction of sp³-hybridized carbons (Fsp3) is 0.615. The molecule has 0 saturated heterocycles. The molecule has 4 atom stereocenters. The summed E-state index contributed by atoms with van der Waals surface area (Å²) in [5.74, 6) is -3.18. The number of carbonyl (C=O) groups excluding carboxylic acids is 6. The molecule has 0 aromatic heterocycles. The van der Waals surface area contributed by atoms with Gasteiger partial charge in [-0.25, -0.2) is 9.59 Å². The van der Waals surface area contributed by atoms with Crippen LogP contribution in [0.15, 0.2) is 24.3 Å². The topological polar surface area (TPSA) is 145 Å². The first-order valence-corrected chi connectivity index (χ1v) is 12.2. The summed E-state index contributed by atoms with van der Waals surface area (Å²) < 4.78 is 10.1. The number of nitrogens with one attached hydrogen (secondary N) is 2. The van der Waals surface area contributed by atoms with E-state index >= 15 is 0 Å². The van der Waals surface area contributed by atoms with Gasteiger partial charge in [-0.3, -0.25) is 9.59 Å². The van der Waals surface area contributed by atoms with E-state index in [2.05, 4.69) is 23.8 Å². The molecule has 2 N–H and O–H groups in total. The van der Waals surface area contributed by atoms with E-state index in [4.69, 9.17) is 9.47 Å². The summed E-state index contributed by atoms with van der Waals surface area (Å²) in [6, 6.07) is -0.694. The molecule has 1 fully saturated rings. The molecule has 1 saturated carbocycles. The first-order valence-electron chi connectivity index (χ1n) is 12.2. The summed E-state index contributed by atoms with van der Waals surface area (Å²) in [6.07, 6.45) is 4.62. The Hall–Kier alpha value is -3.30. The zero-order chi connectivity index (χ0) is 27.1. The molecule has 2 amide bonds. The number of carbonyl (C=O) groups is 6. The fourth-order valence-corrected chi connectivity index (χ4v) is 3.86. The maximum Gasteiger partial charge on any atom is 0.333 e. The Balaban J connectivity index is 2.73. The molecule has 1 aliphatic rings. The number of aldehydes is 2. The number of hydrogen-bond donors (Lipinski definition) is 2. The normalized spacial score (nSPS) is 18.6. The van der Waals surface area contributed by atoms with Crippen LogP contribution in [0, 0.1) is 11.8 Å². The Kier molecular flexibility index (Phi) is 14.0. The van der Waals surface area contributed by atoms with E-state index in [1.165, 1.54) is 13.8 Å². The lowest BCUT2D eigenvalue weighted by Gasteiger charge is -2.34. The Bertz CT molecular complexity index is 770. The van der Waals surface area contributed by atoms with Crippen molar-refractivity contribution in [2.24, 2.45) is 11.8 Å². The van der Waals surface area contributed by atoms with Gasteiger partial charge in [0.25, 0.3) is 0 Å². The minimum Gasteiger partial charge on any atom is -0.462 e. The van der Waals surface area contributed by atoms with Gasteiger partial charge in [0.15, 0.2) is 0 Å². The highest BCUT2D eigenvalue weighted by atomic mass is 16.5. The van der Waals surface area contributed by atoms with E-state index < -0.39 is 23.8 Å². The minimum atomic E-state index is -0.676. The number of esters is 2. The highest BCUT2D eigenvalue weighted by Crippen LogP contribution is 2.21. The molecule has 0 aliphatic heterocycles. The van der Waals surface area contributed by atoms with Crippen LogP contribution in [0.4, 0.5) is 0 Å². The van der Waals surface area contributed by atoms with Crippen LogP contribution >= 0.6 is 0 Å². The predicted molar refractivity (Wildman–Crippen MR) is 131 cm³/mol. The van der Waals surface area contributed by atoms with Crippen molar-refractivity contribution in [3.63, 3.8) is 0 Å². The van der Waals surface area contributed by atoms with Crippen molar-refractivity contribution in [2.75, 3.05) is 13.2 Å². The molecule has 10 heteroatoms. The van der Waals surface area contributed by atoms with E-state index in [1.807, 2.05) is 0 Å². The van der Waals surface area contributed by atoms with Gasteiger partial charge in [-0.15, -0.1) is 0 Å². The molecule has 200 valence electrons. The molecule has 0 aromatic carbocycles. The molecule has 0 radical (unpaired) electrons. The van der Waals surface area contributed by atoms with Crippen LogP contribution in [0.5, 0.6) is 0 Å². The van der Waals surface area contributed by atoms with Crippen LogP contribution in [-0.2, 0) is 38.2 Å². The first kappa shape index (κ1) is 30.7. The van der Waals surface area contributed by atoms with E-state index in [0.717, 1.165) is 12.8 Å². The largest absolute Gasteiger partial charge is 0.462 e. The van der Waals surface area contributed by atoms with E-state index in [1.54, 1.807) is 0 Å². The quantitative estimate of drug-likeness (QED) is 0.184. The Morgan fingerprint density at radius 1 is 0.778 bits per heavy atom. The van der Waals surface area contributed by atoms with Gasteiger partial charge in [0, 0.05) is 47.9 Å². The molecule has 0 heterocycles. The van der Waals surface area contributed by atoms with Crippen LogP contribution in [0.25, 0.3) is 0 Å². The average molecular weight is 507 g/mol. The lowest BCUT2D eigenvalue weighted by atomic mass is 9.88. The third kappa shape index (κ3) is 11.0. The summed E-state index contributed by atoms with van der Waals surface area (Å²) >= 11 is 0. The van der Waals surface area contributed by atoms with Crippen LogP contribution in [0.1, 0.15) is 65.2 Å². The van der Waals surface area contributed by atoms with Crippen LogP contribution in [0.2, 0.25) is 0 Å². The van der Waals surface area contributed by atoms with Gasteiger partial charge in [0.1, 0.15) is 12.6 Å². The average Bonchev–Trinajstić information content (AvgIpc) is 2.83. The minimum absolute atomic E-state index is 0.0220. The van der Waals surface area contributed by atoms with Crippen molar-refractivity contribution in [2.45, 2.75) is 77.3 Å². The lowest BCUT2D eigenvalue weighted by Crippen LogP contribution is -2.55. The number of amides is 2. The van der Waals surface area contributed by atoms with Gasteiger partial charge in [-0.1, -0.05) is 26.0 Å². The van der Waals surface area contributed by atoms with Crippen LogP contribution in [0.3, 0.4) is 0 Å². The second kappa shape index (κ2) is 16.4. The zero-order valence-electron chi connectivity index (χ0n) is 21.2. The van der Waals surface area contributed by atoms with Crippen molar-refractivity contribution >= 4 is 36.3 Å². The lowest BCUT2D eigenvalue weighted by molar-refractivity contribution is -0.141. The maximum absolute atomic E-state index is 12.9. The smallest absolute Gasteiger partial charge is 0.333 e. The second-order valence-electron chi connectivity index (χ2n) is 9.12. The molecule has 0 spiro atoms. The highest BCUT2D eigenvalue weighted by molar-refractivity contribution is 5.87. The van der Waals surface area contributed by atoms with Crippen LogP contribution < -0.4 is 10.6 Å². The van der Waals surface area contributed by atoms with E-state index in [9.17, 15) is 28.8 Å². The molecule has 0 aromatic rings. The molecule has 2 unspecified atom stereocenters. The summed E-state index contributed by atoms with van der Waals surface area (Å²) in [6.45, 7) is 9.99. The van der Waals surface area contributed by atoms with Gasteiger partial charge in [0.05, 0.1) is 13.2 Å². The molecule has 36 heavy (non-hydrogen) atoms. The summed E-state index contributed by atoms with van der Waals surface area (Å²) in [7, 11) is 0. The second-order valence-corrected chi connectivity index (χ2v) is 9.12. The van der Waals surface area contributed by atoms with Crippen LogP contribution in [-0.4, -0.2) is 61.6 Å². The van der Waals surface area contributed by atoms with Gasteiger partial charge in [-0.05, 0) is 39.5 Å². The Morgan fingerprint density at radius 3 is 1.44 bits per heavy atom. The summed E-state index contributed by atoms with van der Waals surface area (Å²) in [5, 5.41) is 5.88. The summed E-state index contributed by atoms with van der Waals surface area (Å²) in [4.78, 5) is 71.1. The Labute approximate surface area is 212 Å². The molecule has 10 nitrogen and oxygen atoms in total. The fourth-order valence-electron chi connectivity index (χ4n) is 3.86. The highest BCUT2D eigenvalue weighted by Gasteiger charge is 2.31. The molecule has 1 rings (SSSR count). The van der Waals surface area contributed by atoms with Gasteiger partial charge in [0.2, 0.25) is 11.8 Å². The van der Waals surface area contributed by atoms with Crippen molar-refractivity contribution in [3.05, 3.63) is 24.3 Å². The number of ether oxygens (including phenoxy) is 2.